The quantitative estimate of drug-likeness (QED) is 0.913. The van der Waals surface area contributed by atoms with E-state index in [2.05, 4.69) is 10.3 Å². The Bertz CT molecular complexity index is 546. The Kier molecular flexibility index (Phi) is 4.71. The maximum atomic E-state index is 13.6. The summed E-state index contributed by atoms with van der Waals surface area (Å²) in [5.41, 5.74) is 1.34. The largest absolute Gasteiger partial charge is 0.487 e. The standard InChI is InChI=1S/C14H14ClFN2O/c1-17-7-11-5-6-12(8-18-11)19-9-10-3-2-4-13(15)14(10)16/h2-6,8,17H,7,9H2,1H3. The fourth-order valence-corrected chi connectivity index (χ4v) is 1.80. The van der Waals surface area contributed by atoms with Gasteiger partial charge in [-0.3, -0.25) is 4.98 Å². The fourth-order valence-electron chi connectivity index (χ4n) is 1.60. The summed E-state index contributed by atoms with van der Waals surface area (Å²) in [6.45, 7) is 0.822. The van der Waals surface area contributed by atoms with Crippen molar-refractivity contribution in [2.75, 3.05) is 7.05 Å². The van der Waals surface area contributed by atoms with Crippen molar-refractivity contribution in [3.63, 3.8) is 0 Å². The second-order valence-corrected chi connectivity index (χ2v) is 4.42. The summed E-state index contributed by atoms with van der Waals surface area (Å²) in [7, 11) is 1.86. The molecule has 0 aliphatic rings. The van der Waals surface area contributed by atoms with E-state index in [-0.39, 0.29) is 11.6 Å². The number of rotatable bonds is 5. The maximum Gasteiger partial charge on any atom is 0.148 e. The summed E-state index contributed by atoms with van der Waals surface area (Å²) >= 11 is 5.70. The zero-order valence-electron chi connectivity index (χ0n) is 10.5. The number of hydrogen-bond acceptors (Lipinski definition) is 3. The molecule has 1 aromatic heterocycles. The van der Waals surface area contributed by atoms with Gasteiger partial charge in [0, 0.05) is 12.1 Å². The Labute approximate surface area is 116 Å². The van der Waals surface area contributed by atoms with E-state index in [1.54, 1.807) is 18.3 Å². The number of aromatic nitrogens is 1. The van der Waals surface area contributed by atoms with Crippen molar-refractivity contribution in [1.82, 2.24) is 10.3 Å². The van der Waals surface area contributed by atoms with E-state index in [0.29, 0.717) is 17.9 Å². The molecule has 19 heavy (non-hydrogen) atoms. The molecule has 0 radical (unpaired) electrons. The third-order valence-electron chi connectivity index (χ3n) is 2.58. The lowest BCUT2D eigenvalue weighted by Gasteiger charge is -2.08. The predicted octanol–water partition coefficient (Wildman–Crippen LogP) is 3.17. The molecule has 0 saturated heterocycles. The minimum absolute atomic E-state index is 0.101. The number of pyridine rings is 1. The summed E-state index contributed by atoms with van der Waals surface area (Å²) < 4.78 is 19.1. The molecule has 2 aromatic rings. The van der Waals surface area contributed by atoms with Crippen molar-refractivity contribution >= 4 is 11.6 Å². The van der Waals surface area contributed by atoms with Gasteiger partial charge in [-0.25, -0.2) is 4.39 Å². The third kappa shape index (κ3) is 3.66. The molecule has 1 heterocycles. The number of nitrogens with zero attached hydrogens (tertiary/aromatic N) is 1. The number of nitrogens with one attached hydrogen (secondary N) is 1. The lowest BCUT2D eigenvalue weighted by atomic mass is 10.2. The minimum atomic E-state index is -0.441. The zero-order chi connectivity index (χ0) is 13.7. The first-order valence-corrected chi connectivity index (χ1v) is 6.23. The van der Waals surface area contributed by atoms with E-state index >= 15 is 0 Å². The monoisotopic (exact) mass is 280 g/mol. The highest BCUT2D eigenvalue weighted by Crippen LogP contribution is 2.19. The lowest BCUT2D eigenvalue weighted by molar-refractivity contribution is 0.298. The molecule has 0 amide bonds. The number of hydrogen-bond donors (Lipinski definition) is 1. The predicted molar refractivity (Wildman–Crippen MR) is 72.7 cm³/mol. The maximum absolute atomic E-state index is 13.6. The van der Waals surface area contributed by atoms with Crippen LogP contribution < -0.4 is 10.1 Å². The van der Waals surface area contributed by atoms with Crippen molar-refractivity contribution < 1.29 is 9.13 Å². The van der Waals surface area contributed by atoms with E-state index in [1.807, 2.05) is 19.2 Å². The van der Waals surface area contributed by atoms with Crippen LogP contribution in [0.25, 0.3) is 0 Å². The highest BCUT2D eigenvalue weighted by atomic mass is 35.5. The highest BCUT2D eigenvalue weighted by Gasteiger charge is 2.06. The molecule has 0 unspecified atom stereocenters. The van der Waals surface area contributed by atoms with Gasteiger partial charge in [-0.05, 0) is 25.2 Å². The summed E-state index contributed by atoms with van der Waals surface area (Å²) in [5, 5.41) is 3.11. The normalized spacial score (nSPS) is 10.5. The zero-order valence-corrected chi connectivity index (χ0v) is 11.2. The minimum Gasteiger partial charge on any atom is -0.487 e. The van der Waals surface area contributed by atoms with Crippen LogP contribution in [0.4, 0.5) is 4.39 Å². The molecule has 0 aliphatic carbocycles. The first kappa shape index (κ1) is 13.8. The Hall–Kier alpha value is -1.65. The van der Waals surface area contributed by atoms with Gasteiger partial charge in [0.2, 0.25) is 0 Å². The molecule has 0 spiro atoms. The number of benzene rings is 1. The van der Waals surface area contributed by atoms with Gasteiger partial charge in [0.1, 0.15) is 18.2 Å². The van der Waals surface area contributed by atoms with Crippen LogP contribution in [-0.4, -0.2) is 12.0 Å². The molecule has 3 nitrogen and oxygen atoms in total. The summed E-state index contributed by atoms with van der Waals surface area (Å²) in [5.74, 6) is 0.156. The van der Waals surface area contributed by atoms with Crippen molar-refractivity contribution in [3.05, 3.63) is 58.6 Å². The third-order valence-corrected chi connectivity index (χ3v) is 2.87. The van der Waals surface area contributed by atoms with Crippen LogP contribution in [0, 0.1) is 5.82 Å². The molecule has 1 N–H and O–H groups in total. The summed E-state index contributed by atoms with van der Waals surface area (Å²) in [6.07, 6.45) is 1.62. The second-order valence-electron chi connectivity index (χ2n) is 4.02. The van der Waals surface area contributed by atoms with E-state index in [0.717, 1.165) is 5.69 Å². The SMILES string of the molecule is CNCc1ccc(OCc2cccc(Cl)c2F)cn1. The van der Waals surface area contributed by atoms with Crippen LogP contribution >= 0.6 is 11.6 Å². The van der Waals surface area contributed by atoms with E-state index in [1.165, 1.54) is 6.07 Å². The summed E-state index contributed by atoms with van der Waals surface area (Å²) in [4.78, 5) is 4.21. The van der Waals surface area contributed by atoms with Crippen LogP contribution in [0.15, 0.2) is 36.5 Å². The highest BCUT2D eigenvalue weighted by molar-refractivity contribution is 6.30. The average molecular weight is 281 g/mol. The van der Waals surface area contributed by atoms with Crippen LogP contribution in [0.5, 0.6) is 5.75 Å². The van der Waals surface area contributed by atoms with Gasteiger partial charge in [-0.15, -0.1) is 0 Å². The van der Waals surface area contributed by atoms with Crippen LogP contribution in [0.2, 0.25) is 5.02 Å². The van der Waals surface area contributed by atoms with Crippen LogP contribution in [0.1, 0.15) is 11.3 Å². The van der Waals surface area contributed by atoms with Gasteiger partial charge >= 0.3 is 0 Å². The van der Waals surface area contributed by atoms with E-state index in [4.69, 9.17) is 16.3 Å². The smallest absolute Gasteiger partial charge is 0.148 e. The van der Waals surface area contributed by atoms with E-state index in [9.17, 15) is 4.39 Å². The second kappa shape index (κ2) is 6.50. The Morgan fingerprint density at radius 1 is 1.32 bits per heavy atom. The Morgan fingerprint density at radius 2 is 2.16 bits per heavy atom. The van der Waals surface area contributed by atoms with Crippen molar-refractivity contribution in [2.24, 2.45) is 0 Å². The van der Waals surface area contributed by atoms with E-state index < -0.39 is 5.82 Å². The lowest BCUT2D eigenvalue weighted by Crippen LogP contribution is -2.06. The average Bonchev–Trinajstić information content (AvgIpc) is 2.42. The van der Waals surface area contributed by atoms with Gasteiger partial charge in [0.25, 0.3) is 0 Å². The van der Waals surface area contributed by atoms with Crippen molar-refractivity contribution in [3.8, 4) is 5.75 Å². The van der Waals surface area contributed by atoms with Gasteiger partial charge in [-0.1, -0.05) is 23.7 Å². The number of ether oxygens (including phenoxy) is 1. The van der Waals surface area contributed by atoms with Gasteiger partial charge < -0.3 is 10.1 Å². The van der Waals surface area contributed by atoms with Gasteiger partial charge in [0.05, 0.1) is 16.9 Å². The molecule has 5 heteroatoms. The Morgan fingerprint density at radius 3 is 2.84 bits per heavy atom. The van der Waals surface area contributed by atoms with Crippen LogP contribution in [-0.2, 0) is 13.2 Å². The molecular formula is C14H14ClFN2O. The molecule has 0 fully saturated rings. The fraction of sp³-hybridized carbons (Fsp3) is 0.214. The first-order valence-electron chi connectivity index (χ1n) is 5.86. The first-order chi connectivity index (χ1) is 9.20. The van der Waals surface area contributed by atoms with Crippen LogP contribution in [0.3, 0.4) is 0 Å². The topological polar surface area (TPSA) is 34.1 Å². The Balaban J connectivity index is 2.00. The molecule has 0 aliphatic heterocycles. The molecule has 2 rings (SSSR count). The van der Waals surface area contributed by atoms with Gasteiger partial charge in [-0.2, -0.15) is 0 Å². The molecule has 0 saturated carbocycles. The van der Waals surface area contributed by atoms with Crippen molar-refractivity contribution in [2.45, 2.75) is 13.2 Å². The molecular weight excluding hydrogens is 267 g/mol. The molecule has 1 aromatic carbocycles. The van der Waals surface area contributed by atoms with Gasteiger partial charge in [0.15, 0.2) is 0 Å². The number of halogens is 2. The van der Waals surface area contributed by atoms with Crippen molar-refractivity contribution in [1.29, 1.82) is 0 Å². The molecule has 100 valence electrons. The molecule has 0 atom stereocenters. The summed E-state index contributed by atoms with van der Waals surface area (Å²) in [6, 6.07) is 8.51. The molecule has 0 bridgehead atoms.